The summed E-state index contributed by atoms with van der Waals surface area (Å²) in [4.78, 5) is 4.92. The Morgan fingerprint density at radius 3 is 2.33 bits per heavy atom. The Hall–Kier alpha value is -3.28. The molecule has 3 aromatic rings. The second kappa shape index (κ2) is 8.22. The molecule has 0 bridgehead atoms. The summed E-state index contributed by atoms with van der Waals surface area (Å²) < 4.78 is 18.3. The van der Waals surface area contributed by atoms with Crippen LogP contribution in [0.2, 0.25) is 0 Å². The number of aliphatic imine (C=N–C) groups is 1. The van der Waals surface area contributed by atoms with Crippen molar-refractivity contribution in [2.24, 2.45) is 4.99 Å². The fourth-order valence-corrected chi connectivity index (χ4v) is 4.01. The zero-order chi connectivity index (χ0) is 21.3. The fourth-order valence-electron chi connectivity index (χ4n) is 4.01. The smallest absolute Gasteiger partial charge is 0.161 e. The van der Waals surface area contributed by atoms with E-state index in [4.69, 9.17) is 24.3 Å². The normalized spacial score (nSPS) is 15.4. The molecule has 30 heavy (non-hydrogen) atoms. The number of fused-ring (bicyclic) bond motifs is 1. The molecule has 0 fully saturated rings. The van der Waals surface area contributed by atoms with Gasteiger partial charge in [0.1, 0.15) is 5.75 Å². The van der Waals surface area contributed by atoms with E-state index in [9.17, 15) is 0 Å². The third kappa shape index (κ3) is 3.43. The highest BCUT2D eigenvalue weighted by molar-refractivity contribution is 5.90. The number of hydrogen-bond acceptors (Lipinski definition) is 5. The van der Waals surface area contributed by atoms with E-state index in [0.29, 0.717) is 0 Å². The number of aromatic nitrogens is 2. The highest BCUT2D eigenvalue weighted by atomic mass is 16.5. The standard InChI is InChI=1S/C24H27N3O3/c1-6-19-23(16-7-10-18(28-3)11-8-16)24-25-15(2)13-20(27(24)26-19)17-9-12-21(29-4)22(14-17)30-5/h7-12,14,20H,6,13H2,1-5H3/t20-/m0/s1. The molecule has 0 aliphatic carbocycles. The molecule has 0 N–H and O–H groups in total. The van der Waals surface area contributed by atoms with E-state index in [2.05, 4.69) is 36.7 Å². The molecule has 2 heterocycles. The Kier molecular flexibility index (Phi) is 5.48. The molecule has 6 heteroatoms. The number of ether oxygens (including phenoxy) is 3. The second-order valence-corrected chi connectivity index (χ2v) is 7.35. The van der Waals surface area contributed by atoms with Crippen molar-refractivity contribution in [2.45, 2.75) is 32.7 Å². The summed E-state index contributed by atoms with van der Waals surface area (Å²) in [5.41, 5.74) is 5.43. The van der Waals surface area contributed by atoms with E-state index in [1.807, 2.05) is 24.3 Å². The van der Waals surface area contributed by atoms with Crippen molar-refractivity contribution < 1.29 is 14.2 Å². The molecule has 0 saturated carbocycles. The molecule has 2 aromatic carbocycles. The molecule has 4 rings (SSSR count). The van der Waals surface area contributed by atoms with Crippen molar-refractivity contribution in [1.29, 1.82) is 0 Å². The van der Waals surface area contributed by atoms with Crippen molar-refractivity contribution in [3.8, 4) is 28.4 Å². The third-order valence-electron chi connectivity index (χ3n) is 5.54. The highest BCUT2D eigenvalue weighted by Gasteiger charge is 2.29. The lowest BCUT2D eigenvalue weighted by atomic mass is 9.98. The van der Waals surface area contributed by atoms with Gasteiger partial charge in [0.05, 0.1) is 33.1 Å². The van der Waals surface area contributed by atoms with Crippen LogP contribution in [0.1, 0.15) is 37.6 Å². The molecule has 1 aliphatic rings. The topological polar surface area (TPSA) is 57.9 Å². The molecule has 1 aliphatic heterocycles. The van der Waals surface area contributed by atoms with E-state index in [1.165, 1.54) is 0 Å². The Morgan fingerprint density at radius 1 is 0.967 bits per heavy atom. The Morgan fingerprint density at radius 2 is 1.70 bits per heavy atom. The van der Waals surface area contributed by atoms with Crippen molar-refractivity contribution in [3.63, 3.8) is 0 Å². The maximum atomic E-state index is 5.53. The predicted octanol–water partition coefficient (Wildman–Crippen LogP) is 5.22. The van der Waals surface area contributed by atoms with Gasteiger partial charge in [0.25, 0.3) is 0 Å². The third-order valence-corrected chi connectivity index (χ3v) is 5.54. The number of rotatable bonds is 6. The molecule has 156 valence electrons. The lowest BCUT2D eigenvalue weighted by molar-refractivity contribution is 0.353. The Bertz CT molecular complexity index is 1080. The Labute approximate surface area is 177 Å². The first-order valence-corrected chi connectivity index (χ1v) is 10.1. The minimum Gasteiger partial charge on any atom is -0.497 e. The van der Waals surface area contributed by atoms with Gasteiger partial charge >= 0.3 is 0 Å². The van der Waals surface area contributed by atoms with Gasteiger partial charge in [0.15, 0.2) is 17.3 Å². The van der Waals surface area contributed by atoms with Gasteiger partial charge in [-0.2, -0.15) is 5.10 Å². The van der Waals surface area contributed by atoms with Crippen LogP contribution in [0, 0.1) is 0 Å². The largest absolute Gasteiger partial charge is 0.497 e. The van der Waals surface area contributed by atoms with Crippen LogP contribution in [0.5, 0.6) is 17.2 Å². The van der Waals surface area contributed by atoms with Gasteiger partial charge in [-0.3, -0.25) is 0 Å². The first-order chi connectivity index (χ1) is 14.6. The average Bonchev–Trinajstić information content (AvgIpc) is 3.16. The lowest BCUT2D eigenvalue weighted by Crippen LogP contribution is -2.19. The van der Waals surface area contributed by atoms with Gasteiger partial charge in [-0.05, 0) is 48.7 Å². The van der Waals surface area contributed by atoms with E-state index in [0.717, 1.165) is 64.0 Å². The number of methoxy groups -OCH3 is 3. The number of benzene rings is 2. The van der Waals surface area contributed by atoms with Gasteiger partial charge in [-0.1, -0.05) is 25.1 Å². The van der Waals surface area contributed by atoms with Crippen molar-refractivity contribution in [1.82, 2.24) is 9.78 Å². The summed E-state index contributed by atoms with van der Waals surface area (Å²) in [6.45, 7) is 4.21. The van der Waals surface area contributed by atoms with Crippen molar-refractivity contribution >= 4 is 11.5 Å². The van der Waals surface area contributed by atoms with Crippen LogP contribution in [0.3, 0.4) is 0 Å². The predicted molar refractivity (Wildman–Crippen MR) is 119 cm³/mol. The fraction of sp³-hybridized carbons (Fsp3) is 0.333. The van der Waals surface area contributed by atoms with Gasteiger partial charge in [0, 0.05) is 17.7 Å². The lowest BCUT2D eigenvalue weighted by Gasteiger charge is -2.24. The molecule has 1 atom stereocenters. The summed E-state index contributed by atoms with van der Waals surface area (Å²) in [5, 5.41) is 4.98. The maximum Gasteiger partial charge on any atom is 0.161 e. The molecule has 0 spiro atoms. The van der Waals surface area contributed by atoms with Gasteiger partial charge in [-0.15, -0.1) is 0 Å². The SMILES string of the molecule is CCc1nn2c(c1-c1ccc(OC)cc1)N=C(C)C[C@H]2c1ccc(OC)c(OC)c1. The summed E-state index contributed by atoms with van der Waals surface area (Å²) in [7, 11) is 4.98. The summed E-state index contributed by atoms with van der Waals surface area (Å²) in [6, 6.07) is 14.2. The quantitative estimate of drug-likeness (QED) is 0.564. The van der Waals surface area contributed by atoms with Crippen LogP contribution < -0.4 is 14.2 Å². The maximum absolute atomic E-state index is 5.53. The minimum absolute atomic E-state index is 0.0506. The number of aryl methyl sites for hydroxylation is 1. The molecule has 0 saturated heterocycles. The van der Waals surface area contributed by atoms with Crippen LogP contribution >= 0.6 is 0 Å². The number of nitrogens with zero attached hydrogens (tertiary/aromatic N) is 3. The molecule has 0 unspecified atom stereocenters. The molecule has 6 nitrogen and oxygen atoms in total. The summed E-state index contributed by atoms with van der Waals surface area (Å²) in [5.74, 6) is 3.17. The van der Waals surface area contributed by atoms with E-state index >= 15 is 0 Å². The molecule has 0 amide bonds. The van der Waals surface area contributed by atoms with Crippen LogP contribution in [0.25, 0.3) is 11.1 Å². The zero-order valence-electron chi connectivity index (χ0n) is 18.1. The average molecular weight is 405 g/mol. The molecular weight excluding hydrogens is 378 g/mol. The summed E-state index contributed by atoms with van der Waals surface area (Å²) in [6.07, 6.45) is 1.63. The van der Waals surface area contributed by atoms with Gasteiger partial charge in [-0.25, -0.2) is 9.67 Å². The van der Waals surface area contributed by atoms with E-state index in [1.54, 1.807) is 21.3 Å². The van der Waals surface area contributed by atoms with Crippen LogP contribution in [-0.2, 0) is 6.42 Å². The molecular formula is C24H27N3O3. The summed E-state index contributed by atoms with van der Waals surface area (Å²) >= 11 is 0. The number of hydrogen-bond donors (Lipinski definition) is 0. The first-order valence-electron chi connectivity index (χ1n) is 10.1. The van der Waals surface area contributed by atoms with E-state index in [-0.39, 0.29) is 6.04 Å². The van der Waals surface area contributed by atoms with Crippen LogP contribution in [-0.4, -0.2) is 36.8 Å². The van der Waals surface area contributed by atoms with Gasteiger partial charge < -0.3 is 14.2 Å². The van der Waals surface area contributed by atoms with Crippen molar-refractivity contribution in [3.05, 3.63) is 53.7 Å². The minimum atomic E-state index is 0.0506. The Balaban J connectivity index is 1.85. The van der Waals surface area contributed by atoms with Crippen molar-refractivity contribution in [2.75, 3.05) is 21.3 Å². The molecule has 0 radical (unpaired) electrons. The highest BCUT2D eigenvalue weighted by Crippen LogP contribution is 2.42. The zero-order valence-corrected chi connectivity index (χ0v) is 18.1. The van der Waals surface area contributed by atoms with Gasteiger partial charge in [0.2, 0.25) is 0 Å². The monoisotopic (exact) mass is 405 g/mol. The van der Waals surface area contributed by atoms with Crippen LogP contribution in [0.4, 0.5) is 5.82 Å². The first kappa shape index (κ1) is 20.0. The second-order valence-electron chi connectivity index (χ2n) is 7.35. The van der Waals surface area contributed by atoms with E-state index < -0.39 is 0 Å². The van der Waals surface area contributed by atoms with Crippen LogP contribution in [0.15, 0.2) is 47.5 Å². The molecule has 1 aromatic heterocycles.